The van der Waals surface area contributed by atoms with Crippen LogP contribution < -0.4 is 0 Å². The number of aryl methyl sites for hydroxylation is 2. The van der Waals surface area contributed by atoms with E-state index in [2.05, 4.69) is 0 Å². The quantitative estimate of drug-likeness (QED) is 0.813. The lowest BCUT2D eigenvalue weighted by molar-refractivity contribution is -0.155. The Morgan fingerprint density at radius 1 is 0.760 bits per heavy atom. The van der Waals surface area contributed by atoms with Crippen LogP contribution >= 0.6 is 0 Å². The van der Waals surface area contributed by atoms with Crippen molar-refractivity contribution in [3.8, 4) is 11.1 Å². The van der Waals surface area contributed by atoms with E-state index in [9.17, 15) is 19.8 Å². The van der Waals surface area contributed by atoms with E-state index in [-0.39, 0.29) is 0 Å². The fourth-order valence-electron chi connectivity index (χ4n) is 4.12. The van der Waals surface area contributed by atoms with Crippen molar-refractivity contribution in [2.24, 2.45) is 0 Å². The molecule has 0 saturated carbocycles. The van der Waals surface area contributed by atoms with Gasteiger partial charge in [-0.15, -0.1) is 0 Å². The number of benzene rings is 2. The zero-order chi connectivity index (χ0) is 18.8. The zero-order valence-corrected chi connectivity index (χ0v) is 15.4. The number of fused-ring (bicyclic) bond motifs is 3. The molecule has 0 fully saturated rings. The molecule has 0 atom stereocenters. The van der Waals surface area contributed by atoms with Crippen LogP contribution in [0.2, 0.25) is 0 Å². The molecule has 0 aliphatic heterocycles. The minimum atomic E-state index is -2.06. The molecule has 0 radical (unpaired) electrons. The first-order valence-electron chi connectivity index (χ1n) is 8.26. The van der Waals surface area contributed by atoms with E-state index in [1.54, 1.807) is 6.07 Å². The van der Waals surface area contributed by atoms with E-state index in [0.717, 1.165) is 44.5 Å². The third kappa shape index (κ3) is 1.88. The third-order valence-corrected chi connectivity index (χ3v) is 6.01. The van der Waals surface area contributed by atoms with Gasteiger partial charge >= 0.3 is 11.9 Å². The molecule has 25 heavy (non-hydrogen) atoms. The number of carboxylic acid groups (broad SMARTS) is 2. The average Bonchev–Trinajstić information content (AvgIpc) is 2.82. The normalized spacial score (nSPS) is 14.2. The van der Waals surface area contributed by atoms with Gasteiger partial charge in [0.25, 0.3) is 0 Å². The Balaban J connectivity index is 2.66. The predicted molar refractivity (Wildman–Crippen MR) is 96.4 cm³/mol. The Bertz CT molecular complexity index is 953. The maximum Gasteiger partial charge on any atom is 0.330 e. The first kappa shape index (κ1) is 17.2. The van der Waals surface area contributed by atoms with Crippen LogP contribution in [0.25, 0.3) is 11.1 Å². The molecule has 3 rings (SSSR count). The minimum absolute atomic E-state index is 0.363. The maximum atomic E-state index is 12.4. The van der Waals surface area contributed by atoms with Gasteiger partial charge in [0.2, 0.25) is 5.41 Å². The van der Waals surface area contributed by atoms with Crippen molar-refractivity contribution in [2.75, 3.05) is 0 Å². The lowest BCUT2D eigenvalue weighted by Crippen LogP contribution is -2.44. The summed E-state index contributed by atoms with van der Waals surface area (Å²) in [5.74, 6) is -2.68. The van der Waals surface area contributed by atoms with E-state index in [0.29, 0.717) is 11.1 Å². The number of rotatable bonds is 2. The van der Waals surface area contributed by atoms with Gasteiger partial charge in [-0.05, 0) is 97.2 Å². The van der Waals surface area contributed by atoms with Crippen molar-refractivity contribution >= 4 is 11.9 Å². The molecular weight excluding hydrogens is 316 g/mol. The van der Waals surface area contributed by atoms with Crippen LogP contribution in [0.4, 0.5) is 0 Å². The minimum Gasteiger partial charge on any atom is -0.480 e. The number of aliphatic carboxylic acids is 2. The third-order valence-electron chi connectivity index (χ3n) is 6.01. The molecule has 0 spiro atoms. The average molecular weight is 338 g/mol. The van der Waals surface area contributed by atoms with Crippen molar-refractivity contribution in [1.29, 1.82) is 0 Å². The van der Waals surface area contributed by atoms with Crippen molar-refractivity contribution in [2.45, 2.75) is 47.0 Å². The SMILES string of the molecule is Cc1cc2c(cc1C)C(C(=O)O)(C(=O)O)c1c(C)c(C)c(C)c(C)c1-2. The summed E-state index contributed by atoms with van der Waals surface area (Å²) in [5.41, 5.74) is 5.84. The van der Waals surface area contributed by atoms with Crippen LogP contribution in [0.1, 0.15) is 44.5 Å². The molecule has 4 heteroatoms. The number of hydrogen-bond donors (Lipinski definition) is 2. The molecule has 0 aromatic heterocycles. The fourth-order valence-corrected chi connectivity index (χ4v) is 4.12. The van der Waals surface area contributed by atoms with Crippen LogP contribution in [-0.4, -0.2) is 22.2 Å². The second-order valence-corrected chi connectivity index (χ2v) is 7.09. The first-order chi connectivity index (χ1) is 11.6. The van der Waals surface area contributed by atoms with E-state index >= 15 is 0 Å². The summed E-state index contributed by atoms with van der Waals surface area (Å²) in [7, 11) is 0. The molecule has 4 nitrogen and oxygen atoms in total. The Morgan fingerprint density at radius 3 is 1.76 bits per heavy atom. The van der Waals surface area contributed by atoms with Crippen LogP contribution in [0, 0.1) is 41.5 Å². The van der Waals surface area contributed by atoms with Crippen molar-refractivity contribution in [1.82, 2.24) is 0 Å². The Kier molecular flexibility index (Phi) is 3.57. The lowest BCUT2D eigenvalue weighted by Gasteiger charge is -2.26. The Labute approximate surface area is 147 Å². The molecule has 2 aromatic carbocycles. The maximum absolute atomic E-state index is 12.4. The highest BCUT2D eigenvalue weighted by Gasteiger charge is 2.57. The topological polar surface area (TPSA) is 74.6 Å². The smallest absolute Gasteiger partial charge is 0.330 e. The van der Waals surface area contributed by atoms with Gasteiger partial charge in [0, 0.05) is 0 Å². The molecule has 2 aromatic rings. The van der Waals surface area contributed by atoms with Crippen molar-refractivity contribution in [3.05, 3.63) is 56.6 Å². The van der Waals surface area contributed by atoms with E-state index in [4.69, 9.17) is 0 Å². The predicted octanol–water partition coefficient (Wildman–Crippen LogP) is 3.97. The molecular formula is C21H22O4. The zero-order valence-electron chi connectivity index (χ0n) is 15.4. The van der Waals surface area contributed by atoms with Gasteiger partial charge in [-0.1, -0.05) is 12.1 Å². The van der Waals surface area contributed by atoms with Gasteiger partial charge in [-0.3, -0.25) is 9.59 Å². The van der Waals surface area contributed by atoms with E-state index in [1.165, 1.54) is 0 Å². The number of carbonyl (C=O) groups is 2. The summed E-state index contributed by atoms with van der Waals surface area (Å²) >= 11 is 0. The number of carboxylic acids is 2. The second kappa shape index (κ2) is 5.19. The summed E-state index contributed by atoms with van der Waals surface area (Å²) in [6.45, 7) is 11.5. The molecule has 0 saturated heterocycles. The fraction of sp³-hybridized carbons (Fsp3) is 0.333. The van der Waals surface area contributed by atoms with Gasteiger partial charge in [-0.2, -0.15) is 0 Å². The van der Waals surface area contributed by atoms with Gasteiger partial charge in [0.15, 0.2) is 0 Å². The van der Waals surface area contributed by atoms with Crippen LogP contribution in [0.15, 0.2) is 12.1 Å². The molecule has 1 aliphatic rings. The highest BCUT2D eigenvalue weighted by atomic mass is 16.4. The largest absolute Gasteiger partial charge is 0.480 e. The summed E-state index contributed by atoms with van der Waals surface area (Å²) < 4.78 is 0. The molecule has 0 amide bonds. The monoisotopic (exact) mass is 338 g/mol. The first-order valence-corrected chi connectivity index (χ1v) is 8.26. The highest BCUT2D eigenvalue weighted by Crippen LogP contribution is 2.54. The summed E-state index contributed by atoms with van der Waals surface area (Å²) in [5, 5.41) is 20.2. The molecule has 1 aliphatic carbocycles. The second-order valence-electron chi connectivity index (χ2n) is 7.09. The van der Waals surface area contributed by atoms with Gasteiger partial charge in [-0.25, -0.2) is 0 Å². The van der Waals surface area contributed by atoms with Crippen LogP contribution in [0.3, 0.4) is 0 Å². The van der Waals surface area contributed by atoms with Crippen molar-refractivity contribution < 1.29 is 19.8 Å². The van der Waals surface area contributed by atoms with E-state index < -0.39 is 17.4 Å². The van der Waals surface area contributed by atoms with Gasteiger partial charge < -0.3 is 10.2 Å². The molecule has 0 unspecified atom stereocenters. The molecule has 0 heterocycles. The van der Waals surface area contributed by atoms with Crippen LogP contribution in [-0.2, 0) is 15.0 Å². The number of hydrogen-bond acceptors (Lipinski definition) is 2. The lowest BCUT2D eigenvalue weighted by atomic mass is 9.74. The molecule has 130 valence electrons. The van der Waals surface area contributed by atoms with Crippen molar-refractivity contribution in [3.63, 3.8) is 0 Å². The Hall–Kier alpha value is -2.62. The molecule has 2 N–H and O–H groups in total. The van der Waals surface area contributed by atoms with Crippen LogP contribution in [0.5, 0.6) is 0 Å². The summed E-state index contributed by atoms with van der Waals surface area (Å²) in [4.78, 5) is 24.7. The summed E-state index contributed by atoms with van der Waals surface area (Å²) in [6, 6.07) is 3.66. The van der Waals surface area contributed by atoms with Gasteiger partial charge in [0.1, 0.15) is 0 Å². The Morgan fingerprint density at radius 2 is 1.24 bits per heavy atom. The summed E-state index contributed by atoms with van der Waals surface area (Å²) in [6.07, 6.45) is 0. The highest BCUT2D eigenvalue weighted by molar-refractivity contribution is 6.15. The van der Waals surface area contributed by atoms with Gasteiger partial charge in [0.05, 0.1) is 0 Å². The standard InChI is InChI=1S/C21H22O4/c1-9-7-15-16(8-10(9)2)21(19(22)23,20(24)25)18-14(6)12(4)11(3)13(5)17(15)18/h7-8H,1-6H3,(H,22,23)(H,24,25). The van der Waals surface area contributed by atoms with E-state index in [1.807, 2.05) is 47.6 Å². The molecule has 0 bridgehead atoms.